The van der Waals surface area contributed by atoms with Gasteiger partial charge in [-0.15, -0.1) is 0 Å². The Bertz CT molecular complexity index is 1080. The molecule has 1 fully saturated rings. The van der Waals surface area contributed by atoms with Crippen LogP contribution in [0.15, 0.2) is 91.2 Å². The van der Waals surface area contributed by atoms with Gasteiger partial charge in [-0.2, -0.15) is 0 Å². The van der Waals surface area contributed by atoms with E-state index in [1.54, 1.807) is 21.3 Å². The third kappa shape index (κ3) is 6.26. The lowest BCUT2D eigenvalue weighted by atomic mass is 9.94. The summed E-state index contributed by atoms with van der Waals surface area (Å²) in [7, 11) is 4.92. The minimum atomic E-state index is -0.467. The van der Waals surface area contributed by atoms with Crippen LogP contribution in [0, 0.1) is 0 Å². The van der Waals surface area contributed by atoms with Gasteiger partial charge >= 0.3 is 0 Å². The maximum absolute atomic E-state index is 6.75. The molecule has 0 unspecified atom stereocenters. The van der Waals surface area contributed by atoms with Gasteiger partial charge in [0.1, 0.15) is 36.3 Å². The molecule has 0 aliphatic carbocycles. The molecule has 36 heavy (non-hydrogen) atoms. The van der Waals surface area contributed by atoms with Crippen molar-refractivity contribution in [1.29, 1.82) is 0 Å². The number of hydrogen-bond acceptors (Lipinski definition) is 6. The third-order valence-corrected chi connectivity index (χ3v) is 6.35. The normalized spacial score (nSPS) is 20.4. The van der Waals surface area contributed by atoms with E-state index in [-0.39, 0.29) is 25.1 Å². The summed E-state index contributed by atoms with van der Waals surface area (Å²) in [5, 5.41) is 0. The number of hydrogen-bond donors (Lipinski definition) is 0. The van der Waals surface area contributed by atoms with E-state index in [0.29, 0.717) is 5.76 Å². The summed E-state index contributed by atoms with van der Waals surface area (Å²) in [6, 6.07) is 26.0. The summed E-state index contributed by atoms with van der Waals surface area (Å²) in [6.07, 6.45) is 0.0246. The minimum absolute atomic E-state index is 0.154. The van der Waals surface area contributed by atoms with E-state index in [1.165, 1.54) is 5.56 Å². The number of benzene rings is 3. The summed E-state index contributed by atoms with van der Waals surface area (Å²) in [4.78, 5) is 0. The lowest BCUT2D eigenvalue weighted by Gasteiger charge is -2.41. The standard InChI is InChI=1S/C30H34O6/c1-21-28(27(34-20-31-2)19-10-22-8-6-5-7-9-22)36-30(24-13-17-26(33-4)18-14-24)29(35-21)23-11-15-25(32-3)16-12-23/h5-9,11-18,27-30H,1,10,19-20H2,2-4H3/t27-,28+,29-,30-/m0/s1. The average molecular weight is 491 g/mol. The monoisotopic (exact) mass is 490 g/mol. The lowest BCUT2D eigenvalue weighted by Crippen LogP contribution is -2.41. The number of ether oxygens (including phenoxy) is 6. The van der Waals surface area contributed by atoms with Crippen molar-refractivity contribution < 1.29 is 28.4 Å². The van der Waals surface area contributed by atoms with Crippen molar-refractivity contribution in [2.24, 2.45) is 0 Å². The second kappa shape index (κ2) is 12.6. The molecule has 1 heterocycles. The van der Waals surface area contributed by atoms with Gasteiger partial charge in [0.25, 0.3) is 0 Å². The SMILES string of the molecule is C=C1O[C@@H](c2ccc(OC)cc2)[C@H](c2ccc(OC)cc2)O[C@H]1[C@H](CCc1ccccc1)OCOC. The summed E-state index contributed by atoms with van der Waals surface area (Å²) < 4.78 is 35.2. The molecule has 0 N–H and O–H groups in total. The van der Waals surface area contributed by atoms with Gasteiger partial charge in [-0.1, -0.05) is 61.2 Å². The molecule has 3 aromatic carbocycles. The van der Waals surface area contributed by atoms with Gasteiger partial charge in [0.05, 0.1) is 20.3 Å². The molecule has 1 aliphatic heterocycles. The highest BCUT2D eigenvalue weighted by Gasteiger charge is 2.41. The van der Waals surface area contributed by atoms with Crippen molar-refractivity contribution in [2.75, 3.05) is 28.1 Å². The summed E-state index contributed by atoms with van der Waals surface area (Å²) in [6.45, 7) is 4.39. The summed E-state index contributed by atoms with van der Waals surface area (Å²) >= 11 is 0. The van der Waals surface area contributed by atoms with Crippen LogP contribution in [-0.4, -0.2) is 40.3 Å². The fraction of sp³-hybridized carbons (Fsp3) is 0.333. The Balaban J connectivity index is 1.61. The lowest BCUT2D eigenvalue weighted by molar-refractivity contribution is -0.200. The zero-order chi connectivity index (χ0) is 25.3. The zero-order valence-corrected chi connectivity index (χ0v) is 21.1. The van der Waals surface area contributed by atoms with Gasteiger partial charge in [-0.05, 0) is 53.8 Å². The van der Waals surface area contributed by atoms with Gasteiger partial charge in [-0.3, -0.25) is 0 Å². The minimum Gasteiger partial charge on any atom is -0.497 e. The maximum Gasteiger partial charge on any atom is 0.154 e. The third-order valence-electron chi connectivity index (χ3n) is 6.35. The van der Waals surface area contributed by atoms with E-state index in [4.69, 9.17) is 28.4 Å². The van der Waals surface area contributed by atoms with Gasteiger partial charge in [0.2, 0.25) is 0 Å². The molecule has 1 aliphatic rings. The van der Waals surface area contributed by atoms with Gasteiger partial charge < -0.3 is 28.4 Å². The van der Waals surface area contributed by atoms with E-state index in [9.17, 15) is 0 Å². The first-order chi connectivity index (χ1) is 17.6. The van der Waals surface area contributed by atoms with Crippen LogP contribution in [0.3, 0.4) is 0 Å². The molecule has 3 aromatic rings. The average Bonchev–Trinajstić information content (AvgIpc) is 2.94. The van der Waals surface area contributed by atoms with Crippen LogP contribution < -0.4 is 9.47 Å². The van der Waals surface area contributed by atoms with Crippen LogP contribution in [0.4, 0.5) is 0 Å². The van der Waals surface area contributed by atoms with E-state index >= 15 is 0 Å². The van der Waals surface area contributed by atoms with Crippen molar-refractivity contribution >= 4 is 0 Å². The first-order valence-electron chi connectivity index (χ1n) is 12.1. The Labute approximate surface area is 213 Å². The molecular weight excluding hydrogens is 456 g/mol. The topological polar surface area (TPSA) is 55.4 Å². The van der Waals surface area contributed by atoms with Gasteiger partial charge in [0, 0.05) is 7.11 Å². The fourth-order valence-electron chi connectivity index (χ4n) is 4.41. The Morgan fingerprint density at radius 1 is 0.778 bits per heavy atom. The van der Waals surface area contributed by atoms with Crippen molar-refractivity contribution in [3.05, 3.63) is 108 Å². The molecule has 0 amide bonds. The fourth-order valence-corrected chi connectivity index (χ4v) is 4.41. The smallest absolute Gasteiger partial charge is 0.154 e. The molecule has 190 valence electrons. The quantitative estimate of drug-likeness (QED) is 0.306. The van der Waals surface area contributed by atoms with Crippen LogP contribution >= 0.6 is 0 Å². The van der Waals surface area contributed by atoms with Crippen molar-refractivity contribution in [1.82, 2.24) is 0 Å². The molecule has 1 saturated heterocycles. The van der Waals surface area contributed by atoms with Crippen molar-refractivity contribution in [3.8, 4) is 11.5 Å². The Morgan fingerprint density at radius 3 is 1.92 bits per heavy atom. The van der Waals surface area contributed by atoms with Gasteiger partial charge in [0.15, 0.2) is 6.10 Å². The number of methoxy groups -OCH3 is 3. The van der Waals surface area contributed by atoms with Crippen LogP contribution in [0.2, 0.25) is 0 Å². The second-order valence-corrected chi connectivity index (χ2v) is 8.66. The van der Waals surface area contributed by atoms with Crippen LogP contribution in [-0.2, 0) is 25.4 Å². The molecule has 0 bridgehead atoms. The zero-order valence-electron chi connectivity index (χ0n) is 21.1. The molecule has 0 saturated carbocycles. The predicted molar refractivity (Wildman–Crippen MR) is 138 cm³/mol. The molecular formula is C30H34O6. The molecule has 0 aromatic heterocycles. The largest absolute Gasteiger partial charge is 0.497 e. The van der Waals surface area contributed by atoms with E-state index in [0.717, 1.165) is 35.5 Å². The Hall–Kier alpha value is -3.32. The van der Waals surface area contributed by atoms with E-state index in [1.807, 2.05) is 66.7 Å². The molecule has 4 rings (SSSR count). The van der Waals surface area contributed by atoms with E-state index in [2.05, 4.69) is 18.7 Å². The van der Waals surface area contributed by atoms with E-state index < -0.39 is 6.10 Å². The van der Waals surface area contributed by atoms with Crippen LogP contribution in [0.25, 0.3) is 0 Å². The molecule has 6 heteroatoms. The first-order valence-corrected chi connectivity index (χ1v) is 12.1. The number of aryl methyl sites for hydroxylation is 1. The summed E-state index contributed by atoms with van der Waals surface area (Å²) in [5.74, 6) is 2.10. The van der Waals surface area contributed by atoms with Gasteiger partial charge in [-0.25, -0.2) is 0 Å². The Kier molecular flexibility index (Phi) is 9.01. The van der Waals surface area contributed by atoms with Crippen molar-refractivity contribution in [2.45, 2.75) is 37.3 Å². The first kappa shape index (κ1) is 25.8. The highest BCUT2D eigenvalue weighted by molar-refractivity contribution is 5.34. The number of rotatable bonds is 11. The predicted octanol–water partition coefficient (Wildman–Crippen LogP) is 6.04. The Morgan fingerprint density at radius 2 is 1.36 bits per heavy atom. The molecule has 4 atom stereocenters. The molecule has 6 nitrogen and oxygen atoms in total. The molecule has 0 radical (unpaired) electrons. The maximum atomic E-state index is 6.75. The molecule has 0 spiro atoms. The van der Waals surface area contributed by atoms with Crippen LogP contribution in [0.5, 0.6) is 11.5 Å². The second-order valence-electron chi connectivity index (χ2n) is 8.66. The highest BCUT2D eigenvalue weighted by atomic mass is 16.7. The summed E-state index contributed by atoms with van der Waals surface area (Å²) in [5.41, 5.74) is 3.17. The van der Waals surface area contributed by atoms with Crippen molar-refractivity contribution in [3.63, 3.8) is 0 Å². The van der Waals surface area contributed by atoms with Crippen LogP contribution in [0.1, 0.15) is 35.3 Å². The highest BCUT2D eigenvalue weighted by Crippen LogP contribution is 2.44.